The van der Waals surface area contributed by atoms with E-state index in [9.17, 15) is 9.59 Å². The van der Waals surface area contributed by atoms with Crippen molar-refractivity contribution >= 4 is 11.9 Å². The summed E-state index contributed by atoms with van der Waals surface area (Å²) >= 11 is 0. The van der Waals surface area contributed by atoms with Crippen LogP contribution in [0.5, 0.6) is 11.5 Å². The van der Waals surface area contributed by atoms with Crippen molar-refractivity contribution in [3.05, 3.63) is 59.2 Å². The summed E-state index contributed by atoms with van der Waals surface area (Å²) in [6.45, 7) is 2.53. The lowest BCUT2D eigenvalue weighted by atomic mass is 9.89. The number of urea groups is 1. The molecule has 29 heavy (non-hydrogen) atoms. The third-order valence-corrected chi connectivity index (χ3v) is 5.81. The van der Waals surface area contributed by atoms with Crippen LogP contribution >= 0.6 is 0 Å². The Morgan fingerprint density at radius 1 is 1.03 bits per heavy atom. The van der Waals surface area contributed by atoms with Crippen LogP contribution in [0, 0.1) is 0 Å². The molecule has 2 aliphatic rings. The third kappa shape index (κ3) is 3.67. The predicted molar refractivity (Wildman–Crippen MR) is 109 cm³/mol. The summed E-state index contributed by atoms with van der Waals surface area (Å²) in [5.74, 6) is 1.29. The number of carbonyl (C=O) groups is 2. The molecule has 1 fully saturated rings. The average Bonchev–Trinajstić information content (AvgIpc) is 3.29. The summed E-state index contributed by atoms with van der Waals surface area (Å²) in [5.41, 5.74) is 2.48. The van der Waals surface area contributed by atoms with Gasteiger partial charge in [0.2, 0.25) is 0 Å². The van der Waals surface area contributed by atoms with E-state index < -0.39 is 5.54 Å². The van der Waals surface area contributed by atoms with Crippen molar-refractivity contribution in [2.24, 2.45) is 0 Å². The van der Waals surface area contributed by atoms with Gasteiger partial charge in [-0.2, -0.15) is 0 Å². The minimum atomic E-state index is -1.01. The van der Waals surface area contributed by atoms with Crippen LogP contribution < -0.4 is 14.8 Å². The van der Waals surface area contributed by atoms with E-state index in [1.807, 2.05) is 30.3 Å². The first-order valence-electron chi connectivity index (χ1n) is 10.0. The molecule has 1 unspecified atom stereocenters. The molecule has 1 heterocycles. The molecule has 0 radical (unpaired) electrons. The number of ether oxygens (including phenoxy) is 2. The third-order valence-electron chi connectivity index (χ3n) is 5.81. The summed E-state index contributed by atoms with van der Waals surface area (Å²) < 4.78 is 10.8. The molecule has 0 bridgehead atoms. The molecule has 6 nitrogen and oxygen atoms in total. The maximum absolute atomic E-state index is 13.1. The molecule has 4 rings (SSSR count). The second kappa shape index (κ2) is 7.78. The maximum atomic E-state index is 13.1. The molecule has 3 amide bonds. The van der Waals surface area contributed by atoms with Gasteiger partial charge in [-0.3, -0.25) is 9.69 Å². The highest BCUT2D eigenvalue weighted by molar-refractivity contribution is 6.07. The summed E-state index contributed by atoms with van der Waals surface area (Å²) in [6.07, 6.45) is 3.84. The minimum Gasteiger partial charge on any atom is -0.497 e. The van der Waals surface area contributed by atoms with Gasteiger partial charge in [-0.25, -0.2) is 4.79 Å². The van der Waals surface area contributed by atoms with Crippen molar-refractivity contribution in [3.63, 3.8) is 0 Å². The molecule has 1 N–H and O–H groups in total. The van der Waals surface area contributed by atoms with E-state index in [1.165, 1.54) is 16.0 Å². The van der Waals surface area contributed by atoms with Crippen LogP contribution in [0.1, 0.15) is 36.5 Å². The normalized spacial score (nSPS) is 20.6. The van der Waals surface area contributed by atoms with E-state index >= 15 is 0 Å². The molecule has 6 heteroatoms. The maximum Gasteiger partial charge on any atom is 0.325 e. The fourth-order valence-electron chi connectivity index (χ4n) is 4.06. The fraction of sp³-hybridized carbons (Fsp3) is 0.391. The van der Waals surface area contributed by atoms with Gasteiger partial charge in [0.25, 0.3) is 5.91 Å². The molecule has 1 atom stereocenters. The average molecular weight is 394 g/mol. The van der Waals surface area contributed by atoms with Crippen molar-refractivity contribution < 1.29 is 19.1 Å². The van der Waals surface area contributed by atoms with E-state index in [0.29, 0.717) is 19.6 Å². The van der Waals surface area contributed by atoms with Gasteiger partial charge in [0.15, 0.2) is 0 Å². The lowest BCUT2D eigenvalue weighted by molar-refractivity contribution is -0.131. The Kier molecular flexibility index (Phi) is 5.18. The lowest BCUT2D eigenvalue weighted by Gasteiger charge is -2.23. The largest absolute Gasteiger partial charge is 0.497 e. The van der Waals surface area contributed by atoms with E-state index in [0.717, 1.165) is 36.3 Å². The van der Waals surface area contributed by atoms with Crippen LogP contribution in [0.3, 0.4) is 0 Å². The highest BCUT2D eigenvalue weighted by Crippen LogP contribution is 2.32. The van der Waals surface area contributed by atoms with Gasteiger partial charge in [-0.1, -0.05) is 18.2 Å². The van der Waals surface area contributed by atoms with Crippen molar-refractivity contribution in [2.45, 2.75) is 38.1 Å². The van der Waals surface area contributed by atoms with E-state index in [4.69, 9.17) is 9.47 Å². The van der Waals surface area contributed by atoms with Crippen LogP contribution in [0.15, 0.2) is 42.5 Å². The van der Waals surface area contributed by atoms with Gasteiger partial charge in [-0.15, -0.1) is 0 Å². The first-order valence-corrected chi connectivity index (χ1v) is 10.0. The zero-order valence-corrected chi connectivity index (χ0v) is 16.9. The summed E-state index contributed by atoms with van der Waals surface area (Å²) in [5, 5.41) is 2.89. The smallest absolute Gasteiger partial charge is 0.325 e. The molecule has 1 aliphatic heterocycles. The molecule has 0 saturated carbocycles. The van der Waals surface area contributed by atoms with Gasteiger partial charge in [0.05, 0.1) is 13.7 Å². The SMILES string of the molecule is COc1ccc(OCCCN2C(=O)NC(C)(c3ccc4c(c3)CCC4)C2=O)cc1. The van der Waals surface area contributed by atoms with E-state index in [2.05, 4.69) is 17.4 Å². The molecule has 152 valence electrons. The van der Waals surface area contributed by atoms with Crippen molar-refractivity contribution in [1.82, 2.24) is 10.2 Å². The second-order valence-corrected chi connectivity index (χ2v) is 7.73. The molecule has 1 saturated heterocycles. The van der Waals surface area contributed by atoms with Crippen molar-refractivity contribution in [1.29, 1.82) is 0 Å². The number of amides is 3. The van der Waals surface area contributed by atoms with Crippen molar-refractivity contribution in [3.8, 4) is 11.5 Å². The molecule has 1 aliphatic carbocycles. The van der Waals surface area contributed by atoms with Crippen LogP contribution in [-0.4, -0.2) is 37.1 Å². The number of carbonyl (C=O) groups excluding carboxylic acids is 2. The molecule has 0 aromatic heterocycles. The Labute approximate surface area is 170 Å². The number of fused-ring (bicyclic) bond motifs is 1. The predicted octanol–water partition coefficient (Wildman–Crippen LogP) is 3.42. The monoisotopic (exact) mass is 394 g/mol. The molecule has 0 spiro atoms. The number of hydrogen-bond acceptors (Lipinski definition) is 4. The van der Waals surface area contributed by atoms with Crippen LogP contribution in [-0.2, 0) is 23.2 Å². The molecular weight excluding hydrogens is 368 g/mol. The molecule has 2 aromatic rings. The quantitative estimate of drug-likeness (QED) is 0.577. The topological polar surface area (TPSA) is 67.9 Å². The van der Waals surface area contributed by atoms with Gasteiger partial charge in [-0.05, 0) is 73.6 Å². The van der Waals surface area contributed by atoms with Crippen molar-refractivity contribution in [2.75, 3.05) is 20.3 Å². The number of methoxy groups -OCH3 is 1. The van der Waals surface area contributed by atoms with Crippen LogP contribution in [0.25, 0.3) is 0 Å². The summed E-state index contributed by atoms with van der Waals surface area (Å²) in [6, 6.07) is 13.1. The number of hydrogen-bond donors (Lipinski definition) is 1. The highest BCUT2D eigenvalue weighted by atomic mass is 16.5. The first kappa shape index (κ1) is 19.3. The lowest BCUT2D eigenvalue weighted by Crippen LogP contribution is -2.41. The summed E-state index contributed by atoms with van der Waals surface area (Å²) in [7, 11) is 1.62. The molecule has 2 aromatic carbocycles. The van der Waals surface area contributed by atoms with Crippen LogP contribution in [0.4, 0.5) is 4.79 Å². The Bertz CT molecular complexity index is 925. The fourth-order valence-corrected chi connectivity index (χ4v) is 4.06. The van der Waals surface area contributed by atoms with Crippen LogP contribution in [0.2, 0.25) is 0 Å². The van der Waals surface area contributed by atoms with Gasteiger partial charge in [0, 0.05) is 6.54 Å². The Balaban J connectivity index is 1.36. The highest BCUT2D eigenvalue weighted by Gasteiger charge is 2.48. The zero-order chi connectivity index (χ0) is 20.4. The minimum absolute atomic E-state index is 0.204. The van der Waals surface area contributed by atoms with Gasteiger partial charge >= 0.3 is 6.03 Å². The van der Waals surface area contributed by atoms with Gasteiger partial charge in [0.1, 0.15) is 17.0 Å². The number of benzene rings is 2. The molecular formula is C23H26N2O4. The Hall–Kier alpha value is -3.02. The zero-order valence-electron chi connectivity index (χ0n) is 16.9. The number of nitrogens with one attached hydrogen (secondary N) is 1. The van der Waals surface area contributed by atoms with E-state index in [-0.39, 0.29) is 11.9 Å². The second-order valence-electron chi connectivity index (χ2n) is 7.73. The number of aryl methyl sites for hydroxylation is 2. The number of nitrogens with zero attached hydrogens (tertiary/aromatic N) is 1. The number of imide groups is 1. The standard InChI is InChI=1S/C23H26N2O4/c1-23(18-8-7-16-5-3-6-17(16)15-18)21(26)25(22(27)24-23)13-4-14-29-20-11-9-19(28-2)10-12-20/h7-12,15H,3-6,13-14H2,1-2H3,(H,24,27). The first-order chi connectivity index (χ1) is 14.0. The Morgan fingerprint density at radius 3 is 2.52 bits per heavy atom. The Morgan fingerprint density at radius 2 is 1.76 bits per heavy atom. The number of rotatable bonds is 7. The van der Waals surface area contributed by atoms with E-state index in [1.54, 1.807) is 14.0 Å². The summed E-state index contributed by atoms with van der Waals surface area (Å²) in [4.78, 5) is 26.8. The van der Waals surface area contributed by atoms with Gasteiger partial charge < -0.3 is 14.8 Å².